The van der Waals surface area contributed by atoms with Crippen LogP contribution in [0.5, 0.6) is 23.0 Å². The Balaban J connectivity index is 2.21. The number of carbonyl (C=O) groups excluding carboxylic acids is 2. The average Bonchev–Trinajstić information content (AvgIpc) is 3.03. The SMILES string of the molecule is CC[C@H](C(=O)NC(C)C)N(Cc1ccccc1Cl)C(=O)CN(c1cc(OC)ccc1OC)S(=O)(=O)c1ccc(OC)c(OC)c1. The highest BCUT2D eigenvalue weighted by atomic mass is 35.5. The monoisotopic (exact) mass is 661 g/mol. The summed E-state index contributed by atoms with van der Waals surface area (Å²) in [6.45, 7) is 4.69. The molecule has 3 rings (SSSR count). The summed E-state index contributed by atoms with van der Waals surface area (Å²) in [5.74, 6) is -0.00259. The highest BCUT2D eigenvalue weighted by Gasteiger charge is 2.35. The van der Waals surface area contributed by atoms with E-state index in [-0.39, 0.29) is 47.0 Å². The number of anilines is 1. The molecule has 2 amide bonds. The van der Waals surface area contributed by atoms with Crippen LogP contribution in [0.4, 0.5) is 5.69 Å². The summed E-state index contributed by atoms with van der Waals surface area (Å²) >= 11 is 6.47. The fraction of sp³-hybridized carbons (Fsp3) is 0.375. The van der Waals surface area contributed by atoms with Crippen LogP contribution in [0, 0.1) is 0 Å². The van der Waals surface area contributed by atoms with Crippen LogP contribution < -0.4 is 28.6 Å². The largest absolute Gasteiger partial charge is 0.497 e. The van der Waals surface area contributed by atoms with Gasteiger partial charge in [-0.3, -0.25) is 13.9 Å². The summed E-state index contributed by atoms with van der Waals surface area (Å²) in [4.78, 5) is 28.9. The Hall–Kier alpha value is -4.16. The molecule has 0 unspecified atom stereocenters. The van der Waals surface area contributed by atoms with Crippen LogP contribution in [0.2, 0.25) is 5.02 Å². The van der Waals surface area contributed by atoms with Gasteiger partial charge in [0, 0.05) is 29.7 Å². The lowest BCUT2D eigenvalue weighted by Gasteiger charge is -2.34. The van der Waals surface area contributed by atoms with Crippen molar-refractivity contribution in [2.45, 2.75) is 50.7 Å². The van der Waals surface area contributed by atoms with Crippen molar-refractivity contribution >= 4 is 39.1 Å². The molecule has 0 fully saturated rings. The molecule has 0 aromatic heterocycles. The average molecular weight is 662 g/mol. The first-order chi connectivity index (χ1) is 21.4. The van der Waals surface area contributed by atoms with Crippen LogP contribution in [-0.4, -0.2) is 72.2 Å². The molecule has 45 heavy (non-hydrogen) atoms. The van der Waals surface area contributed by atoms with Gasteiger partial charge in [0.2, 0.25) is 11.8 Å². The number of nitrogens with one attached hydrogen (secondary N) is 1. The number of carbonyl (C=O) groups is 2. The van der Waals surface area contributed by atoms with Gasteiger partial charge in [0.05, 0.1) is 39.0 Å². The molecule has 0 bridgehead atoms. The summed E-state index contributed by atoms with van der Waals surface area (Å²) in [5, 5.41) is 3.27. The summed E-state index contributed by atoms with van der Waals surface area (Å²) in [6, 6.07) is 14.6. The summed E-state index contributed by atoms with van der Waals surface area (Å²) in [6.07, 6.45) is 0.264. The molecular weight excluding hydrogens is 622 g/mol. The number of benzene rings is 3. The maximum atomic E-state index is 14.4. The Morgan fingerprint density at radius 1 is 0.867 bits per heavy atom. The van der Waals surface area contributed by atoms with E-state index in [9.17, 15) is 18.0 Å². The molecule has 0 spiro atoms. The topological polar surface area (TPSA) is 124 Å². The zero-order chi connectivity index (χ0) is 33.3. The predicted molar refractivity (Wildman–Crippen MR) is 173 cm³/mol. The van der Waals surface area contributed by atoms with Gasteiger partial charge in [-0.1, -0.05) is 36.7 Å². The van der Waals surface area contributed by atoms with Gasteiger partial charge in [-0.05, 0) is 56.2 Å². The van der Waals surface area contributed by atoms with Gasteiger partial charge in [0.25, 0.3) is 10.0 Å². The van der Waals surface area contributed by atoms with Crippen molar-refractivity contribution in [2.24, 2.45) is 0 Å². The van der Waals surface area contributed by atoms with E-state index in [2.05, 4.69) is 5.32 Å². The zero-order valence-electron chi connectivity index (χ0n) is 26.5. The minimum Gasteiger partial charge on any atom is -0.497 e. The number of halogens is 1. The number of sulfonamides is 1. The third-order valence-electron chi connectivity index (χ3n) is 6.99. The molecule has 3 aromatic carbocycles. The second kappa shape index (κ2) is 15.7. The fourth-order valence-corrected chi connectivity index (χ4v) is 6.35. The maximum absolute atomic E-state index is 14.4. The smallest absolute Gasteiger partial charge is 0.265 e. The van der Waals surface area contributed by atoms with Gasteiger partial charge in [-0.2, -0.15) is 0 Å². The van der Waals surface area contributed by atoms with Crippen LogP contribution in [0.25, 0.3) is 0 Å². The Bertz CT molecular complexity index is 1600. The molecule has 11 nitrogen and oxygen atoms in total. The first-order valence-electron chi connectivity index (χ1n) is 14.2. The Kier molecular flexibility index (Phi) is 12.3. The van der Waals surface area contributed by atoms with Gasteiger partial charge in [-0.15, -0.1) is 0 Å². The van der Waals surface area contributed by atoms with E-state index >= 15 is 0 Å². The van der Waals surface area contributed by atoms with Gasteiger partial charge in [0.15, 0.2) is 11.5 Å². The Labute approximate surface area is 270 Å². The van der Waals surface area contributed by atoms with Crippen molar-refractivity contribution in [2.75, 3.05) is 39.3 Å². The molecule has 0 saturated heterocycles. The molecule has 1 N–H and O–H groups in total. The lowest BCUT2D eigenvalue weighted by molar-refractivity contribution is -0.140. The van der Waals surface area contributed by atoms with Crippen molar-refractivity contribution in [3.63, 3.8) is 0 Å². The molecule has 3 aromatic rings. The quantitative estimate of drug-likeness (QED) is 0.244. The number of amides is 2. The molecule has 0 saturated carbocycles. The van der Waals surface area contributed by atoms with E-state index in [0.717, 1.165) is 4.31 Å². The molecule has 1 atom stereocenters. The fourth-order valence-electron chi connectivity index (χ4n) is 4.72. The Morgan fingerprint density at radius 2 is 1.51 bits per heavy atom. The van der Waals surface area contributed by atoms with Crippen LogP contribution in [0.1, 0.15) is 32.8 Å². The second-order valence-electron chi connectivity index (χ2n) is 10.3. The number of methoxy groups -OCH3 is 4. The first kappa shape index (κ1) is 35.3. The number of ether oxygens (including phenoxy) is 4. The third kappa shape index (κ3) is 8.31. The lowest BCUT2D eigenvalue weighted by Crippen LogP contribution is -2.53. The lowest BCUT2D eigenvalue weighted by atomic mass is 10.1. The Morgan fingerprint density at radius 3 is 2.09 bits per heavy atom. The maximum Gasteiger partial charge on any atom is 0.265 e. The standard InChI is InChI=1S/C32H40ClN3O8S/c1-8-26(32(38)34-21(2)3)35(19-22-11-9-10-12-25(22)33)31(37)20-36(27-17-23(41-4)13-15-28(27)42-5)45(39,40)24-14-16-29(43-6)30(18-24)44-7/h9-18,21,26H,8,19-20H2,1-7H3,(H,34,38)/t26-/m1/s1. The predicted octanol–water partition coefficient (Wildman–Crippen LogP) is 4.90. The van der Waals surface area contributed by atoms with Crippen molar-refractivity contribution in [1.29, 1.82) is 0 Å². The second-order valence-corrected chi connectivity index (χ2v) is 12.5. The molecular formula is C32H40ClN3O8S. The highest BCUT2D eigenvalue weighted by Crippen LogP contribution is 2.38. The van der Waals surface area contributed by atoms with Crippen LogP contribution in [0.3, 0.4) is 0 Å². The van der Waals surface area contributed by atoms with Gasteiger partial charge < -0.3 is 29.2 Å². The van der Waals surface area contributed by atoms with Gasteiger partial charge >= 0.3 is 0 Å². The third-order valence-corrected chi connectivity index (χ3v) is 9.12. The molecule has 0 radical (unpaired) electrons. The highest BCUT2D eigenvalue weighted by molar-refractivity contribution is 7.92. The first-order valence-corrected chi connectivity index (χ1v) is 16.0. The molecule has 0 aliphatic heterocycles. The number of hydrogen-bond acceptors (Lipinski definition) is 8. The number of rotatable bonds is 15. The van der Waals surface area contributed by atoms with E-state index in [1.54, 1.807) is 43.3 Å². The van der Waals surface area contributed by atoms with Crippen LogP contribution in [-0.2, 0) is 26.2 Å². The van der Waals surface area contributed by atoms with Gasteiger partial charge in [0.1, 0.15) is 24.1 Å². The van der Waals surface area contributed by atoms with Crippen molar-refractivity contribution in [1.82, 2.24) is 10.2 Å². The molecule has 244 valence electrons. The number of hydrogen-bond donors (Lipinski definition) is 1. The van der Waals surface area contributed by atoms with Crippen LogP contribution >= 0.6 is 11.6 Å². The number of nitrogens with zero attached hydrogens (tertiary/aromatic N) is 2. The molecule has 0 aliphatic carbocycles. The van der Waals surface area contributed by atoms with E-state index in [1.807, 2.05) is 13.8 Å². The zero-order valence-corrected chi connectivity index (χ0v) is 28.1. The minimum absolute atomic E-state index is 0.0397. The van der Waals surface area contributed by atoms with Crippen molar-refractivity contribution < 1.29 is 37.0 Å². The summed E-state index contributed by atoms with van der Waals surface area (Å²) in [5.41, 5.74) is 0.647. The van der Waals surface area contributed by atoms with E-state index in [4.69, 9.17) is 30.5 Å². The van der Waals surface area contributed by atoms with E-state index in [1.165, 1.54) is 57.6 Å². The normalized spacial score (nSPS) is 11.8. The van der Waals surface area contributed by atoms with Crippen molar-refractivity contribution in [3.05, 3.63) is 71.2 Å². The van der Waals surface area contributed by atoms with Gasteiger partial charge in [-0.25, -0.2) is 8.42 Å². The van der Waals surface area contributed by atoms with E-state index < -0.39 is 28.5 Å². The molecule has 0 heterocycles. The van der Waals surface area contributed by atoms with Crippen molar-refractivity contribution in [3.8, 4) is 23.0 Å². The molecule has 13 heteroatoms. The summed E-state index contributed by atoms with van der Waals surface area (Å²) < 4.78 is 51.3. The van der Waals surface area contributed by atoms with E-state index in [0.29, 0.717) is 22.1 Å². The molecule has 0 aliphatic rings. The minimum atomic E-state index is -4.46. The summed E-state index contributed by atoms with van der Waals surface area (Å²) in [7, 11) is 1.19. The van der Waals surface area contributed by atoms with Crippen LogP contribution in [0.15, 0.2) is 65.6 Å².